The predicted octanol–water partition coefficient (Wildman–Crippen LogP) is 1.76. The van der Waals surface area contributed by atoms with Crippen molar-refractivity contribution in [3.63, 3.8) is 0 Å². The Morgan fingerprint density at radius 1 is 1.07 bits per heavy atom. The van der Waals surface area contributed by atoms with E-state index in [0.29, 0.717) is 19.4 Å². The van der Waals surface area contributed by atoms with Gasteiger partial charge in [0.2, 0.25) is 5.91 Å². The van der Waals surface area contributed by atoms with E-state index in [1.807, 2.05) is 34.7 Å². The highest BCUT2D eigenvalue weighted by atomic mass is 16.3. The van der Waals surface area contributed by atoms with Crippen LogP contribution < -0.4 is 16.4 Å². The van der Waals surface area contributed by atoms with Crippen LogP contribution in [-0.2, 0) is 19.2 Å². The Bertz CT molecular complexity index is 344. The molecule has 0 aliphatic carbocycles. The fourth-order valence-electron chi connectivity index (χ4n) is 1.80. The Labute approximate surface area is 164 Å². The summed E-state index contributed by atoms with van der Waals surface area (Å²) in [4.78, 5) is 40.1. The minimum atomic E-state index is -0.355. The van der Waals surface area contributed by atoms with Gasteiger partial charge in [-0.2, -0.15) is 0 Å². The van der Waals surface area contributed by atoms with Crippen molar-refractivity contribution in [1.82, 2.24) is 10.6 Å². The number of rotatable bonds is 11. The van der Waals surface area contributed by atoms with E-state index in [4.69, 9.17) is 20.4 Å². The molecule has 1 unspecified atom stereocenters. The van der Waals surface area contributed by atoms with Crippen molar-refractivity contribution < 1.29 is 24.3 Å². The van der Waals surface area contributed by atoms with Crippen molar-refractivity contribution in [3.05, 3.63) is 0 Å². The molecule has 0 aromatic carbocycles. The molecule has 0 aliphatic rings. The molecule has 27 heavy (non-hydrogen) atoms. The highest BCUT2D eigenvalue weighted by Crippen LogP contribution is 2.05. The van der Waals surface area contributed by atoms with E-state index in [-0.39, 0.29) is 30.1 Å². The maximum atomic E-state index is 11.6. The molecule has 0 aliphatic heterocycles. The summed E-state index contributed by atoms with van der Waals surface area (Å²) in [5.74, 6) is 0.218. The summed E-state index contributed by atoms with van der Waals surface area (Å²) in [6.07, 6.45) is 4.61. The van der Waals surface area contributed by atoms with E-state index in [1.54, 1.807) is 0 Å². The molecular weight excluding hydrogens is 350 g/mol. The number of ketones is 1. The molecule has 0 radical (unpaired) electrons. The van der Waals surface area contributed by atoms with Crippen molar-refractivity contribution in [2.75, 3.05) is 20.1 Å². The molecule has 5 N–H and O–H groups in total. The number of hydrogen-bond donors (Lipinski definition) is 4. The first kappa shape index (κ1) is 32.8. The summed E-state index contributed by atoms with van der Waals surface area (Å²) < 4.78 is 0. The Morgan fingerprint density at radius 2 is 1.56 bits per heavy atom. The van der Waals surface area contributed by atoms with Crippen LogP contribution in [0.15, 0.2) is 0 Å². The lowest BCUT2D eigenvalue weighted by Crippen LogP contribution is -2.33. The number of Topliss-reactive ketones (excluding diaryl/α,β-unsaturated/α-hetero) is 1. The van der Waals surface area contributed by atoms with Crippen LogP contribution in [0.25, 0.3) is 0 Å². The smallest absolute Gasteiger partial charge is 0.290 e. The largest absolute Gasteiger partial charge is 0.483 e. The molecule has 8 nitrogen and oxygen atoms in total. The van der Waals surface area contributed by atoms with Gasteiger partial charge in [0.15, 0.2) is 5.78 Å². The van der Waals surface area contributed by atoms with Crippen LogP contribution in [-0.4, -0.2) is 55.7 Å². The van der Waals surface area contributed by atoms with Crippen molar-refractivity contribution in [3.8, 4) is 0 Å². The van der Waals surface area contributed by atoms with Crippen LogP contribution in [0, 0.1) is 5.92 Å². The molecule has 1 atom stereocenters. The van der Waals surface area contributed by atoms with Gasteiger partial charge in [0.05, 0.1) is 6.04 Å². The third kappa shape index (κ3) is 32.4. The Balaban J connectivity index is -0.000000283. The number of hydrogen-bond acceptors (Lipinski definition) is 6. The molecule has 0 aromatic heterocycles. The second kappa shape index (κ2) is 29.0. The van der Waals surface area contributed by atoms with Crippen molar-refractivity contribution in [2.24, 2.45) is 11.7 Å². The zero-order valence-corrected chi connectivity index (χ0v) is 17.9. The summed E-state index contributed by atoms with van der Waals surface area (Å²) >= 11 is 0. The normalized spacial score (nSPS) is 9.93. The lowest BCUT2D eigenvalue weighted by molar-refractivity contribution is -0.124. The zero-order valence-electron chi connectivity index (χ0n) is 17.9. The number of unbranched alkanes of at least 4 members (excludes halogenated alkanes) is 1. The molecule has 1 amide bonds. The highest BCUT2D eigenvalue weighted by molar-refractivity contribution is 5.85. The second-order valence-corrected chi connectivity index (χ2v) is 5.56. The summed E-state index contributed by atoms with van der Waals surface area (Å²) in [6, 6.07) is -0.355. The van der Waals surface area contributed by atoms with E-state index >= 15 is 0 Å². The third-order valence-electron chi connectivity index (χ3n) is 3.03. The van der Waals surface area contributed by atoms with Gasteiger partial charge in [-0.3, -0.25) is 14.4 Å². The van der Waals surface area contributed by atoms with Gasteiger partial charge in [-0.25, -0.2) is 0 Å². The first-order valence-corrected chi connectivity index (χ1v) is 9.50. The molecule has 0 saturated carbocycles. The van der Waals surface area contributed by atoms with Gasteiger partial charge in [0.1, 0.15) is 6.29 Å². The Hall–Kier alpha value is -1.80. The molecule has 0 saturated heterocycles. The van der Waals surface area contributed by atoms with Gasteiger partial charge >= 0.3 is 0 Å². The van der Waals surface area contributed by atoms with Crippen molar-refractivity contribution >= 4 is 24.4 Å². The summed E-state index contributed by atoms with van der Waals surface area (Å²) in [5, 5.41) is 12.8. The molecule has 0 rings (SSSR count). The molecule has 0 heterocycles. The second-order valence-electron chi connectivity index (χ2n) is 5.56. The SMILES string of the molecule is CC.CC=O.CNCCCC(=O)NCCCCC(N)C(=O)C(C)C.O=CO. The van der Waals surface area contributed by atoms with Gasteiger partial charge in [-0.1, -0.05) is 27.7 Å². The van der Waals surface area contributed by atoms with Crippen LogP contribution in [0.5, 0.6) is 0 Å². The third-order valence-corrected chi connectivity index (χ3v) is 3.03. The number of aldehydes is 1. The first-order chi connectivity index (χ1) is 12.8. The standard InChI is InChI=1S/C14H29N3O2.C2H4O.C2H6.CH2O2/c1-11(2)14(19)12(15)7-4-5-10-17-13(18)8-6-9-16-3;1-2-3;1-2;2-1-3/h11-12,16H,4-10,15H2,1-3H3,(H,17,18);2H,1H3;1-2H3;1H,(H,2,3). The minimum absolute atomic E-state index is 0.00174. The summed E-state index contributed by atoms with van der Waals surface area (Å²) in [7, 11) is 1.87. The van der Waals surface area contributed by atoms with Gasteiger partial charge in [0.25, 0.3) is 6.47 Å². The lowest BCUT2D eigenvalue weighted by Gasteiger charge is -2.12. The molecule has 0 bridgehead atoms. The van der Waals surface area contributed by atoms with E-state index in [9.17, 15) is 9.59 Å². The maximum absolute atomic E-state index is 11.6. The molecule has 8 heteroatoms. The highest BCUT2D eigenvalue weighted by Gasteiger charge is 2.15. The lowest BCUT2D eigenvalue weighted by atomic mass is 9.98. The average Bonchev–Trinajstić information content (AvgIpc) is 2.63. The fourth-order valence-corrected chi connectivity index (χ4v) is 1.80. The van der Waals surface area contributed by atoms with Crippen LogP contribution in [0.3, 0.4) is 0 Å². The minimum Gasteiger partial charge on any atom is -0.483 e. The number of carbonyl (C=O) groups excluding carboxylic acids is 3. The van der Waals surface area contributed by atoms with E-state index in [2.05, 4.69) is 10.6 Å². The fraction of sp³-hybridized carbons (Fsp3) is 0.789. The molecular formula is C19H41N3O5. The quantitative estimate of drug-likeness (QED) is 0.311. The topological polar surface area (TPSA) is 139 Å². The molecule has 0 fully saturated rings. The van der Waals surface area contributed by atoms with E-state index in [1.165, 1.54) is 6.92 Å². The maximum Gasteiger partial charge on any atom is 0.290 e. The number of carboxylic acid groups (broad SMARTS) is 1. The van der Waals surface area contributed by atoms with Gasteiger partial charge in [0, 0.05) is 18.9 Å². The number of nitrogens with one attached hydrogen (secondary N) is 2. The Kier molecular flexibility index (Phi) is 35.2. The van der Waals surface area contributed by atoms with Gasteiger partial charge in [-0.15, -0.1) is 0 Å². The van der Waals surface area contributed by atoms with Gasteiger partial charge in [-0.05, 0) is 46.2 Å². The molecule has 162 valence electrons. The molecule has 0 aromatic rings. The van der Waals surface area contributed by atoms with Crippen LogP contribution in [0.4, 0.5) is 0 Å². The van der Waals surface area contributed by atoms with E-state index < -0.39 is 0 Å². The van der Waals surface area contributed by atoms with E-state index in [0.717, 1.165) is 32.1 Å². The molecule has 0 spiro atoms. The van der Waals surface area contributed by atoms with Crippen LogP contribution in [0.1, 0.15) is 66.7 Å². The van der Waals surface area contributed by atoms with Crippen molar-refractivity contribution in [1.29, 1.82) is 0 Å². The van der Waals surface area contributed by atoms with Crippen molar-refractivity contribution in [2.45, 2.75) is 72.8 Å². The average molecular weight is 392 g/mol. The number of amides is 1. The van der Waals surface area contributed by atoms with Gasteiger partial charge < -0.3 is 26.3 Å². The zero-order chi connectivity index (χ0) is 22.1. The first-order valence-electron chi connectivity index (χ1n) is 9.50. The van der Waals surface area contributed by atoms with Crippen LogP contribution >= 0.6 is 0 Å². The van der Waals surface area contributed by atoms with Crippen LogP contribution in [0.2, 0.25) is 0 Å². The summed E-state index contributed by atoms with van der Waals surface area (Å²) in [6.45, 7) is 10.5. The number of carbonyl (C=O) groups is 4. The number of nitrogens with two attached hydrogens (primary N) is 1. The summed E-state index contributed by atoms with van der Waals surface area (Å²) in [5.41, 5.74) is 5.80. The Morgan fingerprint density at radius 3 is 1.96 bits per heavy atom. The predicted molar refractivity (Wildman–Crippen MR) is 110 cm³/mol. The monoisotopic (exact) mass is 391 g/mol.